The summed E-state index contributed by atoms with van der Waals surface area (Å²) in [5.41, 5.74) is 0.265. The SMILES string of the molecule is COC(=O)c1cc(NCC(=O)NCc2ccc(OC)cc2)c(F)cc1F. The van der Waals surface area contributed by atoms with E-state index in [0.717, 1.165) is 18.7 Å². The van der Waals surface area contributed by atoms with Gasteiger partial charge in [0, 0.05) is 12.6 Å². The van der Waals surface area contributed by atoms with Gasteiger partial charge >= 0.3 is 5.97 Å². The Bertz CT molecular complexity index is 795. The lowest BCUT2D eigenvalue weighted by atomic mass is 10.1. The van der Waals surface area contributed by atoms with Gasteiger partial charge in [-0.3, -0.25) is 4.79 Å². The molecule has 0 radical (unpaired) electrons. The van der Waals surface area contributed by atoms with Crippen LogP contribution in [0.2, 0.25) is 0 Å². The van der Waals surface area contributed by atoms with Crippen molar-refractivity contribution >= 4 is 17.6 Å². The summed E-state index contributed by atoms with van der Waals surface area (Å²) in [6.07, 6.45) is 0. The number of rotatable bonds is 7. The van der Waals surface area contributed by atoms with Crippen LogP contribution in [0.3, 0.4) is 0 Å². The van der Waals surface area contributed by atoms with E-state index in [1.807, 2.05) is 0 Å². The summed E-state index contributed by atoms with van der Waals surface area (Å²) >= 11 is 0. The highest BCUT2D eigenvalue weighted by atomic mass is 19.1. The van der Waals surface area contributed by atoms with Crippen LogP contribution < -0.4 is 15.4 Å². The molecule has 0 heterocycles. The molecule has 6 nitrogen and oxygen atoms in total. The number of anilines is 1. The Hall–Kier alpha value is -3.16. The molecule has 2 aromatic rings. The van der Waals surface area contributed by atoms with E-state index in [2.05, 4.69) is 15.4 Å². The predicted molar refractivity (Wildman–Crippen MR) is 91.0 cm³/mol. The molecule has 0 atom stereocenters. The van der Waals surface area contributed by atoms with Crippen molar-refractivity contribution < 1.29 is 27.8 Å². The molecule has 0 saturated carbocycles. The summed E-state index contributed by atoms with van der Waals surface area (Å²) in [6.45, 7) is 0.0309. The number of ether oxygens (including phenoxy) is 2. The summed E-state index contributed by atoms with van der Waals surface area (Å²) in [7, 11) is 2.65. The van der Waals surface area contributed by atoms with Gasteiger partial charge in [0.25, 0.3) is 0 Å². The molecule has 2 rings (SSSR count). The van der Waals surface area contributed by atoms with Gasteiger partial charge in [0.1, 0.15) is 17.4 Å². The Kier molecular flexibility index (Phi) is 6.48. The zero-order chi connectivity index (χ0) is 19.1. The molecule has 0 aliphatic rings. The highest BCUT2D eigenvalue weighted by molar-refractivity contribution is 5.91. The molecular weight excluding hydrogens is 346 g/mol. The van der Waals surface area contributed by atoms with Crippen LogP contribution in [0.5, 0.6) is 5.75 Å². The van der Waals surface area contributed by atoms with E-state index in [-0.39, 0.29) is 18.8 Å². The number of esters is 1. The molecule has 26 heavy (non-hydrogen) atoms. The van der Waals surface area contributed by atoms with E-state index in [1.54, 1.807) is 31.4 Å². The number of methoxy groups -OCH3 is 2. The highest BCUT2D eigenvalue weighted by Crippen LogP contribution is 2.20. The first-order valence-electron chi connectivity index (χ1n) is 7.65. The van der Waals surface area contributed by atoms with Crippen LogP contribution in [0.25, 0.3) is 0 Å². The second-order valence-electron chi connectivity index (χ2n) is 5.28. The Morgan fingerprint density at radius 3 is 2.35 bits per heavy atom. The molecular formula is C18H18F2N2O4. The highest BCUT2D eigenvalue weighted by Gasteiger charge is 2.17. The third-order valence-electron chi connectivity index (χ3n) is 3.55. The Balaban J connectivity index is 1.93. The first-order valence-corrected chi connectivity index (χ1v) is 7.65. The zero-order valence-electron chi connectivity index (χ0n) is 14.3. The average Bonchev–Trinajstić information content (AvgIpc) is 2.65. The van der Waals surface area contributed by atoms with Crippen LogP contribution in [0.4, 0.5) is 14.5 Å². The first kappa shape index (κ1) is 19.2. The molecule has 8 heteroatoms. The second-order valence-corrected chi connectivity index (χ2v) is 5.28. The third kappa shape index (κ3) is 4.92. The van der Waals surface area contributed by atoms with Gasteiger partial charge in [0.2, 0.25) is 5.91 Å². The lowest BCUT2D eigenvalue weighted by Crippen LogP contribution is -2.29. The first-order chi connectivity index (χ1) is 12.4. The molecule has 1 amide bonds. The predicted octanol–water partition coefficient (Wildman–Crippen LogP) is 2.49. The summed E-state index contributed by atoms with van der Waals surface area (Å²) in [6, 6.07) is 8.66. The second kappa shape index (κ2) is 8.80. The summed E-state index contributed by atoms with van der Waals surface area (Å²) in [5, 5.41) is 5.19. The normalized spacial score (nSPS) is 10.2. The lowest BCUT2D eigenvalue weighted by Gasteiger charge is -2.11. The largest absolute Gasteiger partial charge is 0.497 e. The van der Waals surface area contributed by atoms with Gasteiger partial charge < -0.3 is 20.1 Å². The molecule has 0 spiro atoms. The maximum absolute atomic E-state index is 13.8. The fourth-order valence-electron chi connectivity index (χ4n) is 2.13. The maximum atomic E-state index is 13.8. The van der Waals surface area contributed by atoms with E-state index in [0.29, 0.717) is 11.8 Å². The minimum absolute atomic E-state index is 0.175. The molecule has 0 bridgehead atoms. The van der Waals surface area contributed by atoms with Gasteiger partial charge in [0.05, 0.1) is 32.0 Å². The topological polar surface area (TPSA) is 76.7 Å². The zero-order valence-corrected chi connectivity index (χ0v) is 14.3. The smallest absolute Gasteiger partial charge is 0.340 e. The lowest BCUT2D eigenvalue weighted by molar-refractivity contribution is -0.119. The van der Waals surface area contributed by atoms with E-state index in [1.165, 1.54) is 0 Å². The number of carbonyl (C=O) groups excluding carboxylic acids is 2. The van der Waals surface area contributed by atoms with Crippen LogP contribution in [-0.4, -0.2) is 32.6 Å². The summed E-state index contributed by atoms with van der Waals surface area (Å²) in [5.74, 6) is -2.59. The van der Waals surface area contributed by atoms with Crippen LogP contribution in [0.1, 0.15) is 15.9 Å². The molecule has 0 unspecified atom stereocenters. The Morgan fingerprint density at radius 1 is 1.04 bits per heavy atom. The van der Waals surface area contributed by atoms with Gasteiger partial charge in [-0.1, -0.05) is 12.1 Å². The number of hydrogen-bond donors (Lipinski definition) is 2. The molecule has 2 N–H and O–H groups in total. The molecule has 0 saturated heterocycles. The van der Waals surface area contributed by atoms with E-state index in [4.69, 9.17) is 4.74 Å². The summed E-state index contributed by atoms with van der Waals surface area (Å²) < 4.78 is 36.8. The maximum Gasteiger partial charge on any atom is 0.340 e. The molecule has 0 aliphatic carbocycles. The fraction of sp³-hybridized carbons (Fsp3) is 0.222. The van der Waals surface area contributed by atoms with E-state index >= 15 is 0 Å². The number of benzene rings is 2. The number of halogens is 2. The van der Waals surface area contributed by atoms with Crippen LogP contribution in [0, 0.1) is 11.6 Å². The third-order valence-corrected chi connectivity index (χ3v) is 3.55. The van der Waals surface area contributed by atoms with Crippen molar-refractivity contribution in [3.8, 4) is 5.75 Å². The van der Waals surface area contributed by atoms with Gasteiger partial charge in [-0.15, -0.1) is 0 Å². The van der Waals surface area contributed by atoms with Gasteiger partial charge in [-0.25, -0.2) is 13.6 Å². The van der Waals surface area contributed by atoms with Crippen molar-refractivity contribution in [3.05, 3.63) is 59.2 Å². The monoisotopic (exact) mass is 364 g/mol. The molecule has 0 aromatic heterocycles. The van der Waals surface area contributed by atoms with Crippen LogP contribution >= 0.6 is 0 Å². The van der Waals surface area contributed by atoms with Gasteiger partial charge in [0.15, 0.2) is 0 Å². The van der Waals surface area contributed by atoms with Crippen molar-refractivity contribution in [2.75, 3.05) is 26.1 Å². The number of nitrogens with one attached hydrogen (secondary N) is 2. The van der Waals surface area contributed by atoms with Gasteiger partial charge in [-0.05, 0) is 23.8 Å². The minimum Gasteiger partial charge on any atom is -0.497 e. The Labute approximate surface area is 149 Å². The minimum atomic E-state index is -1.04. The summed E-state index contributed by atoms with van der Waals surface area (Å²) in [4.78, 5) is 23.3. The van der Waals surface area contributed by atoms with Crippen molar-refractivity contribution in [2.24, 2.45) is 0 Å². The van der Waals surface area contributed by atoms with Crippen molar-refractivity contribution in [1.82, 2.24) is 5.32 Å². The Morgan fingerprint density at radius 2 is 1.73 bits per heavy atom. The molecule has 0 fully saturated rings. The molecule has 0 aliphatic heterocycles. The van der Waals surface area contributed by atoms with E-state index in [9.17, 15) is 18.4 Å². The van der Waals surface area contributed by atoms with Crippen LogP contribution in [-0.2, 0) is 16.1 Å². The van der Waals surface area contributed by atoms with Crippen molar-refractivity contribution in [1.29, 1.82) is 0 Å². The fourth-order valence-corrected chi connectivity index (χ4v) is 2.13. The quantitative estimate of drug-likeness (QED) is 0.738. The van der Waals surface area contributed by atoms with Crippen LogP contribution in [0.15, 0.2) is 36.4 Å². The molecule has 138 valence electrons. The molecule has 2 aromatic carbocycles. The van der Waals surface area contributed by atoms with E-state index < -0.39 is 29.1 Å². The number of amides is 1. The van der Waals surface area contributed by atoms with Gasteiger partial charge in [-0.2, -0.15) is 0 Å². The van der Waals surface area contributed by atoms with Crippen molar-refractivity contribution in [2.45, 2.75) is 6.54 Å². The van der Waals surface area contributed by atoms with Crippen molar-refractivity contribution in [3.63, 3.8) is 0 Å². The average molecular weight is 364 g/mol. The standard InChI is InChI=1S/C18H18F2N2O4/c1-25-12-5-3-11(4-6-12)9-22-17(23)10-21-16-7-13(18(24)26-2)14(19)8-15(16)20/h3-8,21H,9-10H2,1-2H3,(H,22,23). The number of carbonyl (C=O) groups is 2. The number of hydrogen-bond acceptors (Lipinski definition) is 5.